The highest BCUT2D eigenvalue weighted by Gasteiger charge is 2.41. The highest BCUT2D eigenvalue weighted by atomic mass is 35.5. The van der Waals surface area contributed by atoms with E-state index in [2.05, 4.69) is 0 Å². The lowest BCUT2D eigenvalue weighted by atomic mass is 9.89. The van der Waals surface area contributed by atoms with Gasteiger partial charge in [-0.3, -0.25) is 0 Å². The van der Waals surface area contributed by atoms with Gasteiger partial charge in [-0.05, 0) is 6.42 Å². The molecule has 3 N–H and O–H groups in total. The van der Waals surface area contributed by atoms with E-state index in [-0.39, 0.29) is 6.42 Å². The zero-order valence-electron chi connectivity index (χ0n) is 5.72. The van der Waals surface area contributed by atoms with Crippen LogP contribution in [-0.4, -0.2) is 45.1 Å². The van der Waals surface area contributed by atoms with Crippen molar-refractivity contribution in [3.63, 3.8) is 0 Å². The summed E-state index contributed by atoms with van der Waals surface area (Å²) in [7, 11) is 0. The van der Waals surface area contributed by atoms with E-state index >= 15 is 0 Å². The van der Waals surface area contributed by atoms with Gasteiger partial charge in [0.15, 0.2) is 0 Å². The molecule has 1 fully saturated rings. The van der Waals surface area contributed by atoms with Crippen molar-refractivity contribution in [2.45, 2.75) is 36.2 Å². The van der Waals surface area contributed by atoms with E-state index < -0.39 is 29.8 Å². The second kappa shape index (κ2) is 3.25. The Morgan fingerprint density at radius 2 is 1.64 bits per heavy atom. The molecule has 0 amide bonds. The van der Waals surface area contributed by atoms with Crippen molar-refractivity contribution in [3.8, 4) is 0 Å². The molecule has 1 aliphatic rings. The van der Waals surface area contributed by atoms with Gasteiger partial charge in [-0.25, -0.2) is 5.11 Å². The summed E-state index contributed by atoms with van der Waals surface area (Å²) in [5, 5.41) is 37.1. The van der Waals surface area contributed by atoms with Crippen LogP contribution in [0.3, 0.4) is 0 Å². The van der Waals surface area contributed by atoms with Gasteiger partial charge in [-0.15, -0.1) is 11.6 Å². The molecule has 1 rings (SSSR count). The second-order valence-electron chi connectivity index (χ2n) is 2.76. The van der Waals surface area contributed by atoms with Crippen LogP contribution in [0.2, 0.25) is 0 Å². The summed E-state index contributed by atoms with van der Waals surface area (Å²) in [5.74, 6) is 0. The van der Waals surface area contributed by atoms with Crippen LogP contribution >= 0.6 is 11.6 Å². The third kappa shape index (κ3) is 1.65. The van der Waals surface area contributed by atoms with Crippen LogP contribution < -0.4 is 0 Å². The van der Waals surface area contributed by atoms with Crippen molar-refractivity contribution in [2.24, 2.45) is 0 Å². The molecule has 0 aromatic carbocycles. The zero-order chi connectivity index (χ0) is 8.59. The van der Waals surface area contributed by atoms with E-state index in [0.717, 1.165) is 0 Å². The molecule has 4 nitrogen and oxygen atoms in total. The van der Waals surface area contributed by atoms with Gasteiger partial charge in [-0.2, -0.15) is 0 Å². The smallest absolute Gasteiger partial charge is 0.123 e. The maximum atomic E-state index is 10.8. The Hall–Kier alpha value is 0.130. The lowest BCUT2D eigenvalue weighted by molar-refractivity contribution is -0.149. The van der Waals surface area contributed by atoms with Crippen LogP contribution in [0.25, 0.3) is 0 Å². The summed E-state index contributed by atoms with van der Waals surface area (Å²) in [4.78, 5) is 0. The fourth-order valence-electron chi connectivity index (χ4n) is 1.14. The van der Waals surface area contributed by atoms with Crippen molar-refractivity contribution in [3.05, 3.63) is 0 Å². The molecule has 5 heteroatoms. The Morgan fingerprint density at radius 3 is 2.18 bits per heavy atom. The van der Waals surface area contributed by atoms with Gasteiger partial charge in [0.1, 0.15) is 18.3 Å². The van der Waals surface area contributed by atoms with Gasteiger partial charge in [0.2, 0.25) is 0 Å². The molecule has 0 bridgehead atoms. The largest absolute Gasteiger partial charge is 0.389 e. The fourth-order valence-corrected chi connectivity index (χ4v) is 1.46. The third-order valence-corrected chi connectivity index (χ3v) is 2.35. The average Bonchev–Trinajstić information content (AvgIpc) is 1.97. The van der Waals surface area contributed by atoms with Crippen molar-refractivity contribution in [1.29, 1.82) is 0 Å². The molecule has 5 atom stereocenters. The molecule has 0 aromatic rings. The van der Waals surface area contributed by atoms with Crippen LogP contribution in [0.15, 0.2) is 0 Å². The summed E-state index contributed by atoms with van der Waals surface area (Å²) < 4.78 is 0. The van der Waals surface area contributed by atoms with Crippen LogP contribution in [0.5, 0.6) is 0 Å². The molecule has 5 unspecified atom stereocenters. The van der Waals surface area contributed by atoms with Gasteiger partial charge in [-0.1, -0.05) is 0 Å². The van der Waals surface area contributed by atoms with Crippen molar-refractivity contribution < 1.29 is 20.4 Å². The van der Waals surface area contributed by atoms with Crippen LogP contribution in [0.1, 0.15) is 6.42 Å². The van der Waals surface area contributed by atoms with Gasteiger partial charge < -0.3 is 15.3 Å². The van der Waals surface area contributed by atoms with E-state index in [1.54, 1.807) is 0 Å². The number of halogens is 1. The summed E-state index contributed by atoms with van der Waals surface area (Å²) in [6.45, 7) is 0. The normalized spacial score (nSPS) is 52.6. The first-order valence-electron chi connectivity index (χ1n) is 3.38. The first kappa shape index (κ1) is 9.22. The zero-order valence-corrected chi connectivity index (χ0v) is 6.48. The van der Waals surface area contributed by atoms with E-state index in [9.17, 15) is 5.11 Å². The summed E-state index contributed by atoms with van der Waals surface area (Å²) in [5.41, 5.74) is 0. The third-order valence-electron chi connectivity index (χ3n) is 1.91. The predicted molar refractivity (Wildman–Crippen MR) is 36.8 cm³/mol. The number of hydrogen-bond donors (Lipinski definition) is 3. The maximum absolute atomic E-state index is 10.8. The highest BCUT2D eigenvalue weighted by Crippen LogP contribution is 2.24. The predicted octanol–water partition coefficient (Wildman–Crippen LogP) is -1.12. The van der Waals surface area contributed by atoms with E-state index in [1.165, 1.54) is 0 Å². The van der Waals surface area contributed by atoms with Crippen LogP contribution in [0.4, 0.5) is 0 Å². The Kier molecular flexibility index (Phi) is 2.72. The molecule has 0 heterocycles. The topological polar surface area (TPSA) is 80.6 Å². The molecule has 1 saturated carbocycles. The standard InChI is InChI=1S/C6H10ClO4/c7-2-1-3(8)5(10)6(11)4(2)9/h2-6,9-11H,1H2. The highest BCUT2D eigenvalue weighted by molar-refractivity contribution is 6.21. The first-order chi connectivity index (χ1) is 5.04. The van der Waals surface area contributed by atoms with Gasteiger partial charge in [0.25, 0.3) is 0 Å². The first-order valence-corrected chi connectivity index (χ1v) is 3.81. The molecular formula is C6H10ClO4. The second-order valence-corrected chi connectivity index (χ2v) is 3.32. The van der Waals surface area contributed by atoms with Crippen molar-refractivity contribution in [2.75, 3.05) is 0 Å². The van der Waals surface area contributed by atoms with E-state index in [4.69, 9.17) is 26.9 Å². The number of alkyl halides is 1. The monoisotopic (exact) mass is 181 g/mol. The number of hydrogen-bond acceptors (Lipinski definition) is 3. The van der Waals surface area contributed by atoms with E-state index in [1.807, 2.05) is 0 Å². The lowest BCUT2D eigenvalue weighted by Gasteiger charge is -2.34. The Morgan fingerprint density at radius 1 is 1.09 bits per heavy atom. The van der Waals surface area contributed by atoms with Crippen molar-refractivity contribution >= 4 is 11.6 Å². The minimum atomic E-state index is -1.41. The quantitative estimate of drug-likeness (QED) is 0.414. The van der Waals surface area contributed by atoms with E-state index in [0.29, 0.717) is 0 Å². The Balaban J connectivity index is 2.63. The van der Waals surface area contributed by atoms with Crippen LogP contribution in [0, 0.1) is 0 Å². The fraction of sp³-hybridized carbons (Fsp3) is 1.00. The Bertz CT molecular complexity index is 129. The molecule has 0 aliphatic heterocycles. The Labute approximate surface area is 69.0 Å². The lowest BCUT2D eigenvalue weighted by Crippen LogP contribution is -2.53. The minimum Gasteiger partial charge on any atom is -0.389 e. The molecule has 0 saturated heterocycles. The summed E-state index contributed by atoms with van der Waals surface area (Å²) in [6.07, 6.45) is -5.32. The molecule has 1 aliphatic carbocycles. The summed E-state index contributed by atoms with van der Waals surface area (Å²) in [6, 6.07) is 0. The summed E-state index contributed by atoms with van der Waals surface area (Å²) >= 11 is 5.50. The number of aliphatic hydroxyl groups is 3. The molecule has 0 spiro atoms. The molecular weight excluding hydrogens is 172 g/mol. The van der Waals surface area contributed by atoms with Gasteiger partial charge in [0, 0.05) is 0 Å². The van der Waals surface area contributed by atoms with Gasteiger partial charge in [0.05, 0.1) is 11.5 Å². The molecule has 1 radical (unpaired) electrons. The average molecular weight is 182 g/mol. The number of rotatable bonds is 0. The minimum absolute atomic E-state index is 0.0129. The molecule has 65 valence electrons. The SMILES string of the molecule is [O]C1CC(Cl)C(O)C(O)C1O. The molecule has 0 aromatic heterocycles. The molecule has 11 heavy (non-hydrogen) atoms. The number of aliphatic hydroxyl groups excluding tert-OH is 3. The maximum Gasteiger partial charge on any atom is 0.123 e. The van der Waals surface area contributed by atoms with Crippen LogP contribution in [-0.2, 0) is 5.11 Å². The van der Waals surface area contributed by atoms with Gasteiger partial charge >= 0.3 is 0 Å². The van der Waals surface area contributed by atoms with Crippen molar-refractivity contribution in [1.82, 2.24) is 0 Å².